The van der Waals surface area contributed by atoms with Crippen molar-refractivity contribution < 1.29 is 24.2 Å². The molecule has 1 heterocycles. The molecule has 1 aliphatic heterocycles. The summed E-state index contributed by atoms with van der Waals surface area (Å²) in [5, 5.41) is 14.3. The molecular weight excluding hydrogens is 360 g/mol. The Labute approximate surface area is 164 Å². The fraction of sp³-hybridized carbons (Fsp3) is 0.476. The third-order valence-electron chi connectivity index (χ3n) is 5.60. The second-order valence-corrected chi connectivity index (χ2v) is 7.47. The van der Waals surface area contributed by atoms with Crippen LogP contribution in [-0.4, -0.2) is 49.0 Å². The van der Waals surface area contributed by atoms with Crippen molar-refractivity contribution in [1.82, 2.24) is 4.90 Å². The number of carboxylic acid groups (broad SMARTS) is 1. The molecule has 28 heavy (non-hydrogen) atoms. The van der Waals surface area contributed by atoms with Crippen molar-refractivity contribution in [2.45, 2.75) is 26.7 Å². The van der Waals surface area contributed by atoms with Crippen LogP contribution >= 0.6 is 0 Å². The molecule has 0 bridgehead atoms. The highest BCUT2D eigenvalue weighted by Crippen LogP contribution is 2.34. The van der Waals surface area contributed by atoms with Gasteiger partial charge in [-0.3, -0.25) is 9.59 Å². The maximum atomic E-state index is 12.7. The Balaban J connectivity index is 1.67. The number of rotatable bonds is 4. The van der Waals surface area contributed by atoms with Crippen LogP contribution in [0.3, 0.4) is 0 Å². The molecule has 0 saturated carbocycles. The van der Waals surface area contributed by atoms with Crippen LogP contribution in [0.5, 0.6) is 0 Å². The van der Waals surface area contributed by atoms with Gasteiger partial charge in [-0.2, -0.15) is 0 Å². The topological polar surface area (TPSA) is 98.8 Å². The number of morpholine rings is 1. The summed E-state index contributed by atoms with van der Waals surface area (Å²) in [6, 6.07) is 6.66. The van der Waals surface area contributed by atoms with Gasteiger partial charge in [0.15, 0.2) is 0 Å². The first-order valence-electron chi connectivity index (χ1n) is 9.51. The van der Waals surface area contributed by atoms with Gasteiger partial charge in [0, 0.05) is 36.2 Å². The lowest BCUT2D eigenvalue weighted by Gasteiger charge is -2.32. The second-order valence-electron chi connectivity index (χ2n) is 7.47. The quantitative estimate of drug-likeness (QED) is 0.786. The van der Waals surface area contributed by atoms with E-state index in [1.807, 2.05) is 13.8 Å². The van der Waals surface area contributed by atoms with Crippen molar-refractivity contribution in [1.29, 1.82) is 0 Å². The fourth-order valence-corrected chi connectivity index (χ4v) is 3.70. The number of aliphatic carboxylic acids is 1. The van der Waals surface area contributed by atoms with Crippen LogP contribution in [0, 0.1) is 11.8 Å². The lowest BCUT2D eigenvalue weighted by Crippen LogP contribution is -2.42. The Morgan fingerprint density at radius 3 is 2.14 bits per heavy atom. The van der Waals surface area contributed by atoms with E-state index in [4.69, 9.17) is 4.74 Å². The summed E-state index contributed by atoms with van der Waals surface area (Å²) in [4.78, 5) is 38.4. The molecule has 7 heteroatoms. The van der Waals surface area contributed by atoms with Gasteiger partial charge < -0.3 is 24.9 Å². The highest BCUT2D eigenvalue weighted by atomic mass is 16.5. The van der Waals surface area contributed by atoms with E-state index in [1.165, 1.54) is 0 Å². The molecule has 1 aliphatic carbocycles. The molecule has 0 aromatic heterocycles. The Morgan fingerprint density at radius 2 is 1.57 bits per heavy atom. The van der Waals surface area contributed by atoms with Crippen molar-refractivity contribution in [3.05, 3.63) is 41.0 Å². The second kappa shape index (κ2) is 8.56. The molecule has 1 aromatic rings. The predicted molar refractivity (Wildman–Crippen MR) is 101 cm³/mol. The molecule has 1 aromatic carbocycles. The molecule has 1 saturated heterocycles. The summed E-state index contributed by atoms with van der Waals surface area (Å²) in [7, 11) is 0. The molecule has 2 aliphatic rings. The maximum absolute atomic E-state index is 12.7. The molecule has 2 amide bonds. The van der Waals surface area contributed by atoms with E-state index in [9.17, 15) is 19.5 Å². The number of nitrogens with one attached hydrogen (secondary N) is 1. The van der Waals surface area contributed by atoms with Crippen LogP contribution < -0.4 is 10.4 Å². The maximum Gasteiger partial charge on any atom is 0.254 e. The molecule has 0 spiro atoms. The highest BCUT2D eigenvalue weighted by Gasteiger charge is 2.33. The van der Waals surface area contributed by atoms with E-state index < -0.39 is 17.8 Å². The zero-order valence-corrected chi connectivity index (χ0v) is 16.2. The van der Waals surface area contributed by atoms with E-state index in [2.05, 4.69) is 5.32 Å². The number of anilines is 1. The summed E-state index contributed by atoms with van der Waals surface area (Å²) in [6.45, 7) is 6.02. The number of nitrogens with zero attached hydrogens (tertiary/aromatic N) is 1. The molecule has 0 radical (unpaired) electrons. The Hall–Kier alpha value is -2.67. The van der Waals surface area contributed by atoms with Crippen LogP contribution in [0.15, 0.2) is 35.4 Å². The van der Waals surface area contributed by atoms with Gasteiger partial charge in [0.2, 0.25) is 5.91 Å². The Morgan fingerprint density at radius 1 is 1.00 bits per heavy atom. The summed E-state index contributed by atoms with van der Waals surface area (Å²) in [5.41, 5.74) is 3.12. The average molecular weight is 385 g/mol. The molecule has 1 fully saturated rings. The van der Waals surface area contributed by atoms with Gasteiger partial charge in [0.05, 0.1) is 19.1 Å². The smallest absolute Gasteiger partial charge is 0.254 e. The first kappa shape index (κ1) is 20.1. The van der Waals surface area contributed by atoms with Crippen LogP contribution in [0.4, 0.5) is 5.69 Å². The molecule has 1 N–H and O–H groups in total. The van der Waals surface area contributed by atoms with Gasteiger partial charge in [0.1, 0.15) is 0 Å². The minimum Gasteiger partial charge on any atom is -0.550 e. The third-order valence-corrected chi connectivity index (χ3v) is 5.60. The van der Waals surface area contributed by atoms with Gasteiger partial charge in [0.25, 0.3) is 5.91 Å². The largest absolute Gasteiger partial charge is 0.550 e. The third kappa shape index (κ3) is 4.42. The number of ether oxygens (including phenoxy) is 1. The van der Waals surface area contributed by atoms with Crippen molar-refractivity contribution in [2.24, 2.45) is 11.8 Å². The minimum atomic E-state index is -1.20. The number of carbonyl (C=O) groups excluding carboxylic acids is 3. The van der Waals surface area contributed by atoms with Gasteiger partial charge in [-0.15, -0.1) is 0 Å². The standard InChI is InChI=1S/C21H26N2O5/c1-13-11-17(18(21(26)27)12-14(13)2)19(24)22-16-5-3-15(4-6-16)20(25)23-7-9-28-10-8-23/h3-6,17-18H,7-12H2,1-2H3,(H,22,24)(H,26,27)/p-1. The number of amides is 2. The molecule has 3 rings (SSSR count). The van der Waals surface area contributed by atoms with Gasteiger partial charge in [-0.05, 0) is 51.0 Å². The molecule has 2 atom stereocenters. The van der Waals surface area contributed by atoms with Crippen LogP contribution in [0.25, 0.3) is 0 Å². The summed E-state index contributed by atoms with van der Waals surface area (Å²) in [6.07, 6.45) is 0.739. The van der Waals surface area contributed by atoms with Gasteiger partial charge in [-0.1, -0.05) is 11.1 Å². The summed E-state index contributed by atoms with van der Waals surface area (Å²) >= 11 is 0. The van der Waals surface area contributed by atoms with Crippen molar-refractivity contribution in [3.8, 4) is 0 Å². The van der Waals surface area contributed by atoms with Crippen LogP contribution in [0.1, 0.15) is 37.0 Å². The lowest BCUT2D eigenvalue weighted by atomic mass is 9.76. The van der Waals surface area contributed by atoms with E-state index in [0.29, 0.717) is 50.4 Å². The number of carboxylic acids is 1. The molecule has 150 valence electrons. The average Bonchev–Trinajstić information content (AvgIpc) is 2.70. The fourth-order valence-electron chi connectivity index (χ4n) is 3.70. The Kier molecular flexibility index (Phi) is 6.14. The molecule has 7 nitrogen and oxygen atoms in total. The Bertz CT molecular complexity index is 794. The highest BCUT2D eigenvalue weighted by molar-refractivity contribution is 5.97. The van der Waals surface area contributed by atoms with Gasteiger partial charge >= 0.3 is 0 Å². The summed E-state index contributed by atoms with van der Waals surface area (Å²) in [5.74, 6) is -3.09. The van der Waals surface area contributed by atoms with E-state index in [1.54, 1.807) is 29.2 Å². The SMILES string of the molecule is CC1=C(C)CC(C(=O)Nc2ccc(C(=O)N3CCOCC3)cc2)C(C(=O)[O-])C1. The van der Waals surface area contributed by atoms with Crippen molar-refractivity contribution >= 4 is 23.5 Å². The number of allylic oxidation sites excluding steroid dienone is 2. The first-order valence-corrected chi connectivity index (χ1v) is 9.51. The predicted octanol–water partition coefficient (Wildman–Crippen LogP) is 1.21. The lowest BCUT2D eigenvalue weighted by molar-refractivity contribution is -0.313. The number of benzene rings is 1. The molecular formula is C21H25N2O5-. The van der Waals surface area contributed by atoms with E-state index in [-0.39, 0.29) is 11.8 Å². The van der Waals surface area contributed by atoms with Crippen molar-refractivity contribution in [2.75, 3.05) is 31.6 Å². The van der Waals surface area contributed by atoms with Crippen LogP contribution in [0.2, 0.25) is 0 Å². The normalized spacial score (nSPS) is 22.7. The zero-order chi connectivity index (χ0) is 20.3. The monoisotopic (exact) mass is 385 g/mol. The minimum absolute atomic E-state index is 0.0679. The van der Waals surface area contributed by atoms with Crippen molar-refractivity contribution in [3.63, 3.8) is 0 Å². The van der Waals surface area contributed by atoms with Crippen LogP contribution in [-0.2, 0) is 14.3 Å². The number of hydrogen-bond acceptors (Lipinski definition) is 5. The summed E-state index contributed by atoms with van der Waals surface area (Å²) < 4.78 is 5.25. The van der Waals surface area contributed by atoms with E-state index in [0.717, 1.165) is 11.1 Å². The number of carbonyl (C=O) groups is 3. The van der Waals surface area contributed by atoms with Gasteiger partial charge in [-0.25, -0.2) is 0 Å². The first-order chi connectivity index (χ1) is 13.4. The van der Waals surface area contributed by atoms with E-state index >= 15 is 0 Å². The molecule has 2 unspecified atom stereocenters. The number of hydrogen-bond donors (Lipinski definition) is 1. The zero-order valence-electron chi connectivity index (χ0n) is 16.2.